The topological polar surface area (TPSA) is 60.2 Å². The SMILES string of the molecule is CC(Nc1ccc(C(N)=S)nc1)C1CCCO1. The van der Waals surface area contributed by atoms with Crippen LogP contribution in [0.4, 0.5) is 5.69 Å². The molecule has 17 heavy (non-hydrogen) atoms. The smallest absolute Gasteiger partial charge is 0.122 e. The largest absolute Gasteiger partial charge is 0.388 e. The van der Waals surface area contributed by atoms with Gasteiger partial charge in [-0.3, -0.25) is 4.98 Å². The first-order valence-electron chi connectivity index (χ1n) is 5.81. The lowest BCUT2D eigenvalue weighted by atomic mass is 10.1. The molecule has 1 fully saturated rings. The molecule has 1 saturated heterocycles. The molecule has 0 spiro atoms. The molecule has 0 amide bonds. The number of nitrogens with two attached hydrogens (primary N) is 1. The minimum absolute atomic E-state index is 0.287. The molecule has 5 heteroatoms. The van der Waals surface area contributed by atoms with E-state index in [9.17, 15) is 0 Å². The Morgan fingerprint density at radius 3 is 3.00 bits per heavy atom. The van der Waals surface area contributed by atoms with Crippen molar-refractivity contribution in [1.82, 2.24) is 4.98 Å². The Balaban J connectivity index is 1.96. The van der Waals surface area contributed by atoms with Crippen LogP contribution in [0.25, 0.3) is 0 Å². The normalized spacial score (nSPS) is 21.1. The van der Waals surface area contributed by atoms with Crippen LogP contribution in [0, 0.1) is 0 Å². The molecule has 1 aliphatic heterocycles. The van der Waals surface area contributed by atoms with E-state index in [1.807, 2.05) is 12.1 Å². The minimum Gasteiger partial charge on any atom is -0.388 e. The van der Waals surface area contributed by atoms with Gasteiger partial charge in [0, 0.05) is 12.6 Å². The summed E-state index contributed by atoms with van der Waals surface area (Å²) in [4.78, 5) is 4.51. The summed E-state index contributed by atoms with van der Waals surface area (Å²) in [5.41, 5.74) is 7.11. The number of rotatable bonds is 4. The molecule has 2 rings (SSSR count). The van der Waals surface area contributed by atoms with Gasteiger partial charge >= 0.3 is 0 Å². The molecule has 0 aliphatic carbocycles. The van der Waals surface area contributed by atoms with Gasteiger partial charge in [0.1, 0.15) is 4.99 Å². The molecule has 1 aliphatic rings. The van der Waals surface area contributed by atoms with E-state index in [-0.39, 0.29) is 6.04 Å². The maximum Gasteiger partial charge on any atom is 0.122 e. The van der Waals surface area contributed by atoms with Crippen LogP contribution in [0.2, 0.25) is 0 Å². The summed E-state index contributed by atoms with van der Waals surface area (Å²) in [6.45, 7) is 2.99. The van der Waals surface area contributed by atoms with Gasteiger partial charge in [-0.25, -0.2) is 0 Å². The highest BCUT2D eigenvalue weighted by atomic mass is 32.1. The molecule has 2 unspecified atom stereocenters. The van der Waals surface area contributed by atoms with Crippen LogP contribution in [0.1, 0.15) is 25.5 Å². The Morgan fingerprint density at radius 1 is 1.65 bits per heavy atom. The van der Waals surface area contributed by atoms with Crippen molar-refractivity contribution < 1.29 is 4.74 Å². The van der Waals surface area contributed by atoms with Crippen LogP contribution >= 0.6 is 12.2 Å². The first-order chi connectivity index (χ1) is 8.16. The van der Waals surface area contributed by atoms with Crippen LogP contribution in [-0.4, -0.2) is 28.7 Å². The van der Waals surface area contributed by atoms with Crippen molar-refractivity contribution in [1.29, 1.82) is 0 Å². The van der Waals surface area contributed by atoms with Gasteiger partial charge in [-0.1, -0.05) is 12.2 Å². The van der Waals surface area contributed by atoms with Crippen molar-refractivity contribution in [3.8, 4) is 0 Å². The van der Waals surface area contributed by atoms with E-state index in [4.69, 9.17) is 22.7 Å². The number of hydrogen-bond donors (Lipinski definition) is 2. The molecule has 2 heterocycles. The predicted molar refractivity (Wildman–Crippen MR) is 72.2 cm³/mol. The summed E-state index contributed by atoms with van der Waals surface area (Å²) < 4.78 is 5.63. The highest BCUT2D eigenvalue weighted by Gasteiger charge is 2.22. The van der Waals surface area contributed by atoms with Gasteiger partial charge in [0.25, 0.3) is 0 Å². The second-order valence-corrected chi connectivity index (χ2v) is 4.72. The lowest BCUT2D eigenvalue weighted by Crippen LogP contribution is -2.30. The summed E-state index contributed by atoms with van der Waals surface area (Å²) in [6.07, 6.45) is 4.31. The Bertz CT molecular complexity index is 387. The molecule has 3 N–H and O–H groups in total. The van der Waals surface area contributed by atoms with Crippen LogP contribution < -0.4 is 11.1 Å². The van der Waals surface area contributed by atoms with Gasteiger partial charge < -0.3 is 15.8 Å². The predicted octanol–water partition coefficient (Wildman–Crippen LogP) is 1.70. The molecular formula is C12H17N3OS. The molecule has 0 bridgehead atoms. The van der Waals surface area contributed by atoms with Crippen molar-refractivity contribution in [2.45, 2.75) is 31.9 Å². The molecule has 4 nitrogen and oxygen atoms in total. The first kappa shape index (κ1) is 12.3. The number of nitrogens with one attached hydrogen (secondary N) is 1. The van der Waals surface area contributed by atoms with Crippen molar-refractivity contribution >= 4 is 22.9 Å². The van der Waals surface area contributed by atoms with Gasteiger partial charge in [-0.05, 0) is 31.9 Å². The average molecular weight is 251 g/mol. The maximum absolute atomic E-state index is 5.63. The summed E-state index contributed by atoms with van der Waals surface area (Å²) in [5.74, 6) is 0. The Morgan fingerprint density at radius 2 is 2.47 bits per heavy atom. The summed E-state index contributed by atoms with van der Waals surface area (Å²) >= 11 is 4.86. The van der Waals surface area contributed by atoms with E-state index in [2.05, 4.69) is 17.2 Å². The molecule has 2 atom stereocenters. The number of aromatic nitrogens is 1. The van der Waals surface area contributed by atoms with Crippen LogP contribution in [-0.2, 0) is 4.74 Å². The van der Waals surface area contributed by atoms with Gasteiger partial charge in [-0.2, -0.15) is 0 Å². The van der Waals surface area contributed by atoms with E-state index in [0.29, 0.717) is 16.8 Å². The molecular weight excluding hydrogens is 234 g/mol. The number of pyridine rings is 1. The van der Waals surface area contributed by atoms with Gasteiger partial charge in [0.05, 0.1) is 23.7 Å². The Labute approximate surface area is 107 Å². The van der Waals surface area contributed by atoms with Gasteiger partial charge in [0.15, 0.2) is 0 Å². The number of thiocarbonyl (C=S) groups is 1. The van der Waals surface area contributed by atoms with Crippen molar-refractivity contribution in [3.63, 3.8) is 0 Å². The minimum atomic E-state index is 0.287. The molecule has 0 aromatic carbocycles. The number of anilines is 1. The molecule has 0 saturated carbocycles. The van der Waals surface area contributed by atoms with E-state index in [1.165, 1.54) is 0 Å². The third kappa shape index (κ3) is 3.14. The van der Waals surface area contributed by atoms with E-state index in [0.717, 1.165) is 25.1 Å². The third-order valence-corrected chi connectivity index (χ3v) is 3.14. The molecule has 1 aromatic heterocycles. The lowest BCUT2D eigenvalue weighted by molar-refractivity contribution is 0.0996. The fourth-order valence-electron chi connectivity index (χ4n) is 1.98. The molecule has 0 radical (unpaired) electrons. The summed E-state index contributed by atoms with van der Waals surface area (Å²) in [6, 6.07) is 4.05. The summed E-state index contributed by atoms with van der Waals surface area (Å²) in [7, 11) is 0. The fourth-order valence-corrected chi connectivity index (χ4v) is 2.10. The van der Waals surface area contributed by atoms with Crippen LogP contribution in [0.5, 0.6) is 0 Å². The van der Waals surface area contributed by atoms with Crippen molar-refractivity contribution in [2.24, 2.45) is 5.73 Å². The summed E-state index contributed by atoms with van der Waals surface area (Å²) in [5, 5.41) is 3.38. The highest BCUT2D eigenvalue weighted by Crippen LogP contribution is 2.18. The van der Waals surface area contributed by atoms with E-state index >= 15 is 0 Å². The average Bonchev–Trinajstić information content (AvgIpc) is 2.83. The lowest BCUT2D eigenvalue weighted by Gasteiger charge is -2.20. The van der Waals surface area contributed by atoms with Crippen LogP contribution in [0.15, 0.2) is 18.3 Å². The van der Waals surface area contributed by atoms with Crippen molar-refractivity contribution in [3.05, 3.63) is 24.0 Å². The van der Waals surface area contributed by atoms with Gasteiger partial charge in [-0.15, -0.1) is 0 Å². The highest BCUT2D eigenvalue weighted by molar-refractivity contribution is 7.80. The Kier molecular flexibility index (Phi) is 3.91. The second kappa shape index (κ2) is 5.42. The zero-order valence-electron chi connectivity index (χ0n) is 9.85. The number of nitrogens with zero attached hydrogens (tertiary/aromatic N) is 1. The monoisotopic (exact) mass is 251 g/mol. The maximum atomic E-state index is 5.63. The van der Waals surface area contributed by atoms with Crippen LogP contribution in [0.3, 0.4) is 0 Å². The first-order valence-corrected chi connectivity index (χ1v) is 6.21. The number of hydrogen-bond acceptors (Lipinski definition) is 4. The molecule has 92 valence electrons. The zero-order valence-corrected chi connectivity index (χ0v) is 10.7. The zero-order chi connectivity index (χ0) is 12.3. The fraction of sp³-hybridized carbons (Fsp3) is 0.500. The number of ether oxygens (including phenoxy) is 1. The standard InChI is InChI=1S/C12H17N3OS/c1-8(11-3-2-6-16-11)15-9-4-5-10(12(13)17)14-7-9/h4-5,7-8,11,15H,2-3,6H2,1H3,(H2,13,17). The second-order valence-electron chi connectivity index (χ2n) is 4.28. The Hall–Kier alpha value is -1.20. The molecule has 1 aromatic rings. The van der Waals surface area contributed by atoms with E-state index in [1.54, 1.807) is 6.20 Å². The quantitative estimate of drug-likeness (QED) is 0.798. The van der Waals surface area contributed by atoms with E-state index < -0.39 is 0 Å². The third-order valence-electron chi connectivity index (χ3n) is 2.93. The van der Waals surface area contributed by atoms with Gasteiger partial charge in [0.2, 0.25) is 0 Å². The van der Waals surface area contributed by atoms with Crippen molar-refractivity contribution in [2.75, 3.05) is 11.9 Å².